The van der Waals surface area contributed by atoms with Crippen LogP contribution in [-0.4, -0.2) is 35.2 Å². The summed E-state index contributed by atoms with van der Waals surface area (Å²) in [5.74, 6) is 6.04. The lowest BCUT2D eigenvalue weighted by Crippen LogP contribution is -2.34. The van der Waals surface area contributed by atoms with Gasteiger partial charge in [-0.2, -0.15) is 23.5 Å². The van der Waals surface area contributed by atoms with Crippen molar-refractivity contribution in [3.63, 3.8) is 0 Å². The fraction of sp³-hybridized carbons (Fsp3) is 0.179. The van der Waals surface area contributed by atoms with Crippen LogP contribution in [0.5, 0.6) is 23.0 Å². The highest BCUT2D eigenvalue weighted by molar-refractivity contribution is 8.07. The Labute approximate surface area is 265 Å². The predicted molar refractivity (Wildman–Crippen MR) is 183 cm³/mol. The zero-order valence-corrected chi connectivity index (χ0v) is 25.7. The lowest BCUT2D eigenvalue weighted by atomic mass is 9.63. The van der Waals surface area contributed by atoms with E-state index in [-0.39, 0.29) is 0 Å². The molecule has 0 spiro atoms. The van der Waals surface area contributed by atoms with Crippen LogP contribution >= 0.6 is 23.5 Å². The van der Waals surface area contributed by atoms with Gasteiger partial charge in [0, 0.05) is 33.1 Å². The minimum Gasteiger partial charge on any atom is -0.492 e. The highest BCUT2D eigenvalue weighted by Crippen LogP contribution is 2.55. The molecule has 3 heterocycles. The van der Waals surface area contributed by atoms with E-state index in [4.69, 9.17) is 14.2 Å². The molecule has 9 rings (SSSR count). The van der Waals surface area contributed by atoms with Gasteiger partial charge in [-0.15, -0.1) is 0 Å². The number of benzene rings is 6. The number of ether oxygens (including phenoxy) is 3. The molecule has 6 aromatic rings. The van der Waals surface area contributed by atoms with Gasteiger partial charge in [-0.25, -0.2) is 0 Å². The fourth-order valence-corrected chi connectivity index (χ4v) is 7.38. The first-order valence-corrected chi connectivity index (χ1v) is 17.3. The van der Waals surface area contributed by atoms with Gasteiger partial charge >= 0.3 is 0 Å². The Morgan fingerprint density at radius 2 is 0.977 bits per heavy atom. The third-order valence-electron chi connectivity index (χ3n) is 8.97. The van der Waals surface area contributed by atoms with Gasteiger partial charge in [-0.3, -0.25) is 0 Å². The summed E-state index contributed by atoms with van der Waals surface area (Å²) in [5, 5.41) is 6.01. The Hall–Kier alpha value is -4.06. The number of para-hydroxylation sites is 2. The Morgan fingerprint density at radius 1 is 0.545 bits per heavy atom. The average Bonchev–Trinajstić information content (AvgIpc) is 4.01. The molecule has 0 amide bonds. The van der Waals surface area contributed by atoms with Crippen molar-refractivity contribution >= 4 is 45.1 Å². The van der Waals surface area contributed by atoms with Gasteiger partial charge in [0.1, 0.15) is 36.2 Å². The highest BCUT2D eigenvalue weighted by atomic mass is 32.2. The van der Waals surface area contributed by atoms with Gasteiger partial charge in [-0.05, 0) is 81.2 Å². The molecule has 3 nitrogen and oxygen atoms in total. The molecule has 0 aromatic heterocycles. The Kier molecular flexibility index (Phi) is 6.31. The van der Waals surface area contributed by atoms with E-state index >= 15 is 0 Å². The first-order valence-electron chi connectivity index (χ1n) is 15.2. The molecule has 2 saturated heterocycles. The summed E-state index contributed by atoms with van der Waals surface area (Å²) in [6, 6.07) is 43.7. The Bertz CT molecular complexity index is 1900. The van der Waals surface area contributed by atoms with Crippen molar-refractivity contribution in [1.29, 1.82) is 0 Å². The van der Waals surface area contributed by atoms with Crippen molar-refractivity contribution in [3.05, 3.63) is 144 Å². The van der Waals surface area contributed by atoms with Gasteiger partial charge in [-0.1, -0.05) is 72.8 Å². The highest BCUT2D eigenvalue weighted by Gasteiger charge is 2.45. The van der Waals surface area contributed by atoms with Gasteiger partial charge in [0.15, 0.2) is 0 Å². The molecular formula is C39H30O3S2. The van der Waals surface area contributed by atoms with Gasteiger partial charge in [0.2, 0.25) is 0 Å². The van der Waals surface area contributed by atoms with Crippen molar-refractivity contribution in [2.45, 2.75) is 15.9 Å². The van der Waals surface area contributed by atoms with Crippen LogP contribution in [0.25, 0.3) is 21.5 Å². The normalized spacial score (nSPS) is 19.1. The Morgan fingerprint density at radius 3 is 1.45 bits per heavy atom. The Balaban J connectivity index is 1.23. The number of hydrogen-bond donors (Lipinski definition) is 0. The molecule has 216 valence electrons. The first-order chi connectivity index (χ1) is 21.7. The second-order valence-corrected chi connectivity index (χ2v) is 14.5. The molecule has 2 unspecified atom stereocenters. The van der Waals surface area contributed by atoms with E-state index in [1.165, 1.54) is 44.2 Å². The quantitative estimate of drug-likeness (QED) is 0.160. The molecule has 0 N–H and O–H groups in total. The minimum atomic E-state index is -0.579. The maximum Gasteiger partial charge on any atom is 0.132 e. The van der Waals surface area contributed by atoms with E-state index in [0.717, 1.165) is 47.3 Å². The fourth-order valence-electron chi connectivity index (χ4n) is 6.58. The summed E-state index contributed by atoms with van der Waals surface area (Å²) in [7, 11) is 0. The molecule has 2 atom stereocenters. The van der Waals surface area contributed by atoms with E-state index in [9.17, 15) is 0 Å². The van der Waals surface area contributed by atoms with Gasteiger partial charge in [0.05, 0.1) is 5.41 Å². The molecular weight excluding hydrogens is 581 g/mol. The minimum absolute atomic E-state index is 0.579. The topological polar surface area (TPSA) is 27.7 Å². The van der Waals surface area contributed by atoms with Crippen LogP contribution in [0.15, 0.2) is 121 Å². The van der Waals surface area contributed by atoms with Crippen LogP contribution in [0.2, 0.25) is 0 Å². The maximum atomic E-state index is 6.55. The summed E-state index contributed by atoms with van der Waals surface area (Å²) < 4.78 is 18.7. The van der Waals surface area contributed by atoms with E-state index in [1.54, 1.807) is 0 Å². The number of fused-ring (bicyclic) bond motifs is 4. The van der Waals surface area contributed by atoms with Crippen LogP contribution in [0.1, 0.15) is 22.3 Å². The zero-order chi connectivity index (χ0) is 29.1. The summed E-state index contributed by atoms with van der Waals surface area (Å²) in [6.45, 7) is 1.56. The number of thioether (sulfide) groups is 2. The lowest BCUT2D eigenvalue weighted by molar-refractivity contribution is 0.330. The predicted octanol–water partition coefficient (Wildman–Crippen LogP) is 9.47. The van der Waals surface area contributed by atoms with Crippen LogP contribution in [-0.2, 0) is 5.41 Å². The molecule has 3 aliphatic heterocycles. The molecule has 2 fully saturated rings. The SMILES string of the molecule is c1ccc2c(c1)Oc1ccccc1C2(c1ccc2cc(OCC3CS3)ccc2c1)c1ccc2cc(OCC3CS3)ccc2c1. The van der Waals surface area contributed by atoms with Crippen LogP contribution in [0.3, 0.4) is 0 Å². The smallest absolute Gasteiger partial charge is 0.132 e. The summed E-state index contributed by atoms with van der Waals surface area (Å²) in [4.78, 5) is 0. The van der Waals surface area contributed by atoms with Crippen LogP contribution in [0, 0.1) is 0 Å². The first kappa shape index (κ1) is 26.4. The number of rotatable bonds is 8. The van der Waals surface area contributed by atoms with Crippen molar-refractivity contribution in [3.8, 4) is 23.0 Å². The van der Waals surface area contributed by atoms with E-state index in [0.29, 0.717) is 10.5 Å². The molecule has 0 bridgehead atoms. The van der Waals surface area contributed by atoms with Gasteiger partial charge in [0.25, 0.3) is 0 Å². The standard InChI is InChI=1S/C39H30O3S2/c1-3-7-37-35(5-1)39(36-6-2-4-8-38(36)42-37,29-13-9-27-19-31(15-11-25(27)17-29)40-21-33-23-43-33)30-14-10-28-20-32(16-12-26(28)18-30)41-22-34-24-44-34/h1-20,33-34H,21-24H2. The van der Waals surface area contributed by atoms with Crippen molar-refractivity contribution in [2.75, 3.05) is 24.7 Å². The second kappa shape index (κ2) is 10.5. The molecule has 0 aliphatic carbocycles. The molecule has 0 radical (unpaired) electrons. The molecule has 5 heteroatoms. The molecule has 3 aliphatic rings. The average molecular weight is 611 g/mol. The van der Waals surface area contributed by atoms with Gasteiger partial charge < -0.3 is 14.2 Å². The second-order valence-electron chi connectivity index (χ2n) is 11.8. The molecule has 44 heavy (non-hydrogen) atoms. The van der Waals surface area contributed by atoms with Crippen molar-refractivity contribution < 1.29 is 14.2 Å². The molecule has 0 saturated carbocycles. The maximum absolute atomic E-state index is 6.55. The zero-order valence-electron chi connectivity index (χ0n) is 24.1. The third-order valence-corrected chi connectivity index (χ3v) is 10.8. The van der Waals surface area contributed by atoms with E-state index in [2.05, 4.69) is 121 Å². The lowest BCUT2D eigenvalue weighted by Gasteiger charge is -2.41. The summed E-state index contributed by atoms with van der Waals surface area (Å²) >= 11 is 3.92. The monoisotopic (exact) mass is 610 g/mol. The molecule has 6 aromatic carbocycles. The van der Waals surface area contributed by atoms with Crippen molar-refractivity contribution in [2.24, 2.45) is 0 Å². The van der Waals surface area contributed by atoms with Crippen LogP contribution in [0.4, 0.5) is 0 Å². The van der Waals surface area contributed by atoms with E-state index < -0.39 is 5.41 Å². The van der Waals surface area contributed by atoms with E-state index in [1.807, 2.05) is 23.5 Å². The summed E-state index contributed by atoms with van der Waals surface area (Å²) in [6.07, 6.45) is 0. The summed E-state index contributed by atoms with van der Waals surface area (Å²) in [5.41, 5.74) is 4.11. The number of hydrogen-bond acceptors (Lipinski definition) is 5. The largest absolute Gasteiger partial charge is 0.492 e. The third kappa shape index (κ3) is 4.61. The van der Waals surface area contributed by atoms with Crippen molar-refractivity contribution in [1.82, 2.24) is 0 Å². The van der Waals surface area contributed by atoms with Crippen LogP contribution < -0.4 is 14.2 Å².